The van der Waals surface area contributed by atoms with Crippen LogP contribution in [0, 0.1) is 0 Å². The summed E-state index contributed by atoms with van der Waals surface area (Å²) in [6.45, 7) is 6.40. The zero-order valence-electron chi connectivity index (χ0n) is 10.1. The van der Waals surface area contributed by atoms with E-state index in [1.807, 2.05) is 6.92 Å². The molecule has 0 amide bonds. The van der Waals surface area contributed by atoms with E-state index in [1.54, 1.807) is 6.92 Å². The first-order valence-corrected chi connectivity index (χ1v) is 5.45. The number of ether oxygens (including phenoxy) is 3. The fraction of sp³-hybridized carbons (Fsp3) is 0.818. The van der Waals surface area contributed by atoms with Gasteiger partial charge in [-0.3, -0.25) is 9.59 Å². The Morgan fingerprint density at radius 2 is 1.62 bits per heavy atom. The quantitative estimate of drug-likeness (QED) is 0.678. The smallest absolute Gasteiger partial charge is 0.303 e. The van der Waals surface area contributed by atoms with Crippen LogP contribution in [0.2, 0.25) is 0 Å². The van der Waals surface area contributed by atoms with Gasteiger partial charge in [-0.05, 0) is 13.3 Å². The molecule has 4 unspecified atom stereocenters. The van der Waals surface area contributed by atoms with Crippen molar-refractivity contribution in [3.63, 3.8) is 0 Å². The molecule has 0 spiro atoms. The minimum Gasteiger partial charge on any atom is -0.456 e. The zero-order chi connectivity index (χ0) is 12.3. The first kappa shape index (κ1) is 13.0. The van der Waals surface area contributed by atoms with Gasteiger partial charge in [0.25, 0.3) is 0 Å². The van der Waals surface area contributed by atoms with Gasteiger partial charge in [-0.25, -0.2) is 0 Å². The topological polar surface area (TPSA) is 61.8 Å². The van der Waals surface area contributed by atoms with E-state index in [0.717, 1.165) is 0 Å². The van der Waals surface area contributed by atoms with E-state index in [9.17, 15) is 9.59 Å². The molecule has 0 aliphatic carbocycles. The second-order valence-electron chi connectivity index (χ2n) is 3.94. The Labute approximate surface area is 95.0 Å². The number of rotatable bonds is 3. The van der Waals surface area contributed by atoms with Crippen LogP contribution in [0.5, 0.6) is 0 Å². The molecule has 0 radical (unpaired) electrons. The largest absolute Gasteiger partial charge is 0.456 e. The average Bonchev–Trinajstić information content (AvgIpc) is 2.44. The summed E-state index contributed by atoms with van der Waals surface area (Å²) >= 11 is 0. The molecule has 1 aliphatic heterocycles. The van der Waals surface area contributed by atoms with Crippen molar-refractivity contribution in [3.05, 3.63) is 0 Å². The van der Waals surface area contributed by atoms with Crippen LogP contribution in [0.15, 0.2) is 0 Å². The van der Waals surface area contributed by atoms with Crippen LogP contribution in [0.25, 0.3) is 0 Å². The first-order valence-electron chi connectivity index (χ1n) is 5.45. The molecule has 1 aliphatic rings. The van der Waals surface area contributed by atoms with Gasteiger partial charge in [-0.15, -0.1) is 0 Å². The monoisotopic (exact) mass is 230 g/mol. The van der Waals surface area contributed by atoms with Gasteiger partial charge in [0.05, 0.1) is 12.2 Å². The molecule has 5 nitrogen and oxygen atoms in total. The van der Waals surface area contributed by atoms with Gasteiger partial charge in [0.2, 0.25) is 0 Å². The van der Waals surface area contributed by atoms with Crippen molar-refractivity contribution >= 4 is 11.9 Å². The van der Waals surface area contributed by atoms with Crippen molar-refractivity contribution in [2.45, 2.75) is 58.5 Å². The van der Waals surface area contributed by atoms with E-state index in [2.05, 4.69) is 0 Å². The molecule has 0 aromatic carbocycles. The van der Waals surface area contributed by atoms with Crippen molar-refractivity contribution in [2.24, 2.45) is 0 Å². The van der Waals surface area contributed by atoms with Crippen LogP contribution in [-0.2, 0) is 23.8 Å². The van der Waals surface area contributed by atoms with E-state index in [4.69, 9.17) is 14.2 Å². The zero-order valence-corrected chi connectivity index (χ0v) is 10.1. The number of hydrogen-bond acceptors (Lipinski definition) is 5. The predicted molar refractivity (Wildman–Crippen MR) is 55.7 cm³/mol. The molecule has 0 bridgehead atoms. The molecule has 0 aromatic rings. The maximum Gasteiger partial charge on any atom is 0.303 e. The third-order valence-electron chi connectivity index (χ3n) is 2.55. The lowest BCUT2D eigenvalue weighted by molar-refractivity contribution is -0.163. The summed E-state index contributed by atoms with van der Waals surface area (Å²) in [5, 5.41) is 0. The van der Waals surface area contributed by atoms with Crippen molar-refractivity contribution in [2.75, 3.05) is 0 Å². The van der Waals surface area contributed by atoms with E-state index in [-0.39, 0.29) is 12.2 Å². The highest BCUT2D eigenvalue weighted by Crippen LogP contribution is 2.28. The van der Waals surface area contributed by atoms with Gasteiger partial charge < -0.3 is 14.2 Å². The lowest BCUT2D eigenvalue weighted by Gasteiger charge is -2.22. The second-order valence-corrected chi connectivity index (χ2v) is 3.94. The van der Waals surface area contributed by atoms with Crippen molar-refractivity contribution in [1.29, 1.82) is 0 Å². The van der Waals surface area contributed by atoms with Crippen LogP contribution in [0.4, 0.5) is 0 Å². The number of esters is 2. The molecule has 1 rings (SSSR count). The minimum atomic E-state index is -0.508. The summed E-state index contributed by atoms with van der Waals surface area (Å²) in [7, 11) is 0. The summed E-state index contributed by atoms with van der Waals surface area (Å²) in [4.78, 5) is 21.9. The fourth-order valence-electron chi connectivity index (χ4n) is 1.93. The predicted octanol–water partition coefficient (Wildman–Crippen LogP) is 1.05. The molecule has 0 N–H and O–H groups in total. The van der Waals surface area contributed by atoms with Gasteiger partial charge in [-0.1, -0.05) is 6.92 Å². The highest BCUT2D eigenvalue weighted by atomic mass is 16.6. The summed E-state index contributed by atoms with van der Waals surface area (Å²) < 4.78 is 15.9. The van der Waals surface area contributed by atoms with Crippen molar-refractivity contribution in [3.8, 4) is 0 Å². The molecule has 4 atom stereocenters. The van der Waals surface area contributed by atoms with E-state index >= 15 is 0 Å². The Hall–Kier alpha value is -1.10. The molecule has 0 aromatic heterocycles. The molecule has 16 heavy (non-hydrogen) atoms. The Kier molecular flexibility index (Phi) is 4.29. The molecular formula is C11H18O5. The highest BCUT2D eigenvalue weighted by molar-refractivity contribution is 5.67. The van der Waals surface area contributed by atoms with Crippen LogP contribution in [-0.4, -0.2) is 36.4 Å². The summed E-state index contributed by atoms with van der Waals surface area (Å²) in [6, 6.07) is 0. The Morgan fingerprint density at radius 1 is 1.12 bits per heavy atom. The SMILES string of the molecule is CCC1OC(C)C(OC(C)=O)C1OC(C)=O. The van der Waals surface area contributed by atoms with Gasteiger partial charge in [-0.2, -0.15) is 0 Å². The Morgan fingerprint density at radius 3 is 2.06 bits per heavy atom. The molecule has 1 heterocycles. The number of carbonyl (C=O) groups is 2. The minimum absolute atomic E-state index is 0.205. The fourth-order valence-corrected chi connectivity index (χ4v) is 1.93. The first-order chi connectivity index (χ1) is 7.45. The molecular weight excluding hydrogens is 212 g/mol. The lowest BCUT2D eigenvalue weighted by atomic mass is 10.1. The lowest BCUT2D eigenvalue weighted by Crippen LogP contribution is -2.38. The summed E-state index contributed by atoms with van der Waals surface area (Å²) in [5.74, 6) is -0.785. The average molecular weight is 230 g/mol. The maximum absolute atomic E-state index is 11.0. The van der Waals surface area contributed by atoms with E-state index in [1.165, 1.54) is 13.8 Å². The third kappa shape index (κ3) is 2.95. The highest BCUT2D eigenvalue weighted by Gasteiger charge is 2.45. The van der Waals surface area contributed by atoms with Gasteiger partial charge >= 0.3 is 11.9 Å². The molecule has 92 valence electrons. The Bertz CT molecular complexity index is 276. The van der Waals surface area contributed by atoms with Crippen molar-refractivity contribution in [1.82, 2.24) is 0 Å². The standard InChI is InChI=1S/C11H18O5/c1-5-9-11(16-8(4)13)10(6(2)14-9)15-7(3)12/h6,9-11H,5H2,1-4H3. The van der Waals surface area contributed by atoms with Gasteiger partial charge in [0.1, 0.15) is 0 Å². The van der Waals surface area contributed by atoms with Gasteiger partial charge in [0, 0.05) is 13.8 Å². The molecule has 0 saturated carbocycles. The van der Waals surface area contributed by atoms with Gasteiger partial charge in [0.15, 0.2) is 12.2 Å². The third-order valence-corrected chi connectivity index (χ3v) is 2.55. The van der Waals surface area contributed by atoms with E-state index < -0.39 is 24.1 Å². The van der Waals surface area contributed by atoms with Crippen LogP contribution >= 0.6 is 0 Å². The molecule has 1 fully saturated rings. The number of carbonyl (C=O) groups excluding carboxylic acids is 2. The Balaban J connectivity index is 2.76. The van der Waals surface area contributed by atoms with Crippen molar-refractivity contribution < 1.29 is 23.8 Å². The second kappa shape index (κ2) is 5.30. The maximum atomic E-state index is 11.0. The van der Waals surface area contributed by atoms with E-state index in [0.29, 0.717) is 6.42 Å². The van der Waals surface area contributed by atoms with Crippen LogP contribution < -0.4 is 0 Å². The summed E-state index contributed by atoms with van der Waals surface area (Å²) in [5.41, 5.74) is 0. The molecule has 5 heteroatoms. The van der Waals surface area contributed by atoms with Crippen LogP contribution in [0.3, 0.4) is 0 Å². The number of hydrogen-bond donors (Lipinski definition) is 0. The van der Waals surface area contributed by atoms with Crippen LogP contribution in [0.1, 0.15) is 34.1 Å². The molecule has 1 saturated heterocycles. The summed E-state index contributed by atoms with van der Waals surface area (Å²) in [6.07, 6.45) is -0.755. The normalized spacial score (nSPS) is 33.5.